The molecule has 0 aliphatic heterocycles. The van der Waals surface area contributed by atoms with Crippen molar-refractivity contribution in [3.63, 3.8) is 0 Å². The molecule has 1 aromatic rings. The first-order valence-electron chi connectivity index (χ1n) is 4.02. The van der Waals surface area contributed by atoms with Crippen LogP contribution in [0.2, 0.25) is 0 Å². The number of rotatable bonds is 4. The third-order valence-electron chi connectivity index (χ3n) is 1.90. The van der Waals surface area contributed by atoms with Gasteiger partial charge < -0.3 is 15.2 Å². The fourth-order valence-corrected chi connectivity index (χ4v) is 1.21. The minimum Gasteiger partial charge on any atom is -0.396 e. The normalized spacial score (nSPS) is 10.5. The van der Waals surface area contributed by atoms with E-state index in [1.165, 1.54) is 20.3 Å². The van der Waals surface area contributed by atoms with Crippen LogP contribution in [0.1, 0.15) is 11.9 Å². The van der Waals surface area contributed by atoms with E-state index in [0.717, 1.165) is 0 Å². The SMILES string of the molecule is COC(OC)c1cccc(N=O)c1N. The summed E-state index contributed by atoms with van der Waals surface area (Å²) in [7, 11) is 2.99. The van der Waals surface area contributed by atoms with Gasteiger partial charge in [-0.05, 0) is 11.2 Å². The molecule has 0 saturated carbocycles. The Labute approximate surface area is 81.8 Å². The smallest absolute Gasteiger partial charge is 0.185 e. The lowest BCUT2D eigenvalue weighted by Crippen LogP contribution is -2.06. The lowest BCUT2D eigenvalue weighted by atomic mass is 10.1. The van der Waals surface area contributed by atoms with Crippen LogP contribution in [-0.4, -0.2) is 14.2 Å². The van der Waals surface area contributed by atoms with Gasteiger partial charge in [-0.3, -0.25) is 0 Å². The van der Waals surface area contributed by atoms with E-state index in [-0.39, 0.29) is 11.4 Å². The van der Waals surface area contributed by atoms with E-state index >= 15 is 0 Å². The highest BCUT2D eigenvalue weighted by Crippen LogP contribution is 2.31. The van der Waals surface area contributed by atoms with Crippen molar-refractivity contribution in [3.05, 3.63) is 28.7 Å². The summed E-state index contributed by atoms with van der Waals surface area (Å²) >= 11 is 0. The van der Waals surface area contributed by atoms with Crippen LogP contribution >= 0.6 is 0 Å². The Kier molecular flexibility index (Phi) is 3.55. The average Bonchev–Trinajstić information content (AvgIpc) is 2.22. The predicted octanol–water partition coefficient (Wildman–Crippen LogP) is 1.96. The molecule has 0 atom stereocenters. The van der Waals surface area contributed by atoms with Gasteiger partial charge in [0.2, 0.25) is 0 Å². The van der Waals surface area contributed by atoms with Crippen molar-refractivity contribution < 1.29 is 9.47 Å². The van der Waals surface area contributed by atoms with E-state index in [4.69, 9.17) is 15.2 Å². The number of hydrogen-bond donors (Lipinski definition) is 1. The number of benzene rings is 1. The molecule has 0 aliphatic carbocycles. The van der Waals surface area contributed by atoms with Gasteiger partial charge in [-0.25, -0.2) is 0 Å². The second-order valence-electron chi connectivity index (χ2n) is 2.67. The predicted molar refractivity (Wildman–Crippen MR) is 53.1 cm³/mol. The molecule has 0 unspecified atom stereocenters. The quantitative estimate of drug-likeness (QED) is 0.453. The minimum absolute atomic E-state index is 0.196. The Morgan fingerprint density at radius 3 is 2.50 bits per heavy atom. The van der Waals surface area contributed by atoms with E-state index in [0.29, 0.717) is 5.56 Å². The highest BCUT2D eigenvalue weighted by molar-refractivity contribution is 5.66. The number of ether oxygens (including phenoxy) is 2. The molecule has 0 amide bonds. The van der Waals surface area contributed by atoms with Gasteiger partial charge in [-0.1, -0.05) is 12.1 Å². The number of nitrogens with two attached hydrogens (primary N) is 1. The Morgan fingerprint density at radius 1 is 1.36 bits per heavy atom. The fourth-order valence-electron chi connectivity index (χ4n) is 1.21. The maximum Gasteiger partial charge on any atom is 0.185 e. The molecule has 0 fully saturated rings. The van der Waals surface area contributed by atoms with Crippen LogP contribution in [0.15, 0.2) is 23.4 Å². The van der Waals surface area contributed by atoms with Crippen molar-refractivity contribution in [2.24, 2.45) is 5.18 Å². The van der Waals surface area contributed by atoms with Gasteiger partial charge in [0, 0.05) is 19.8 Å². The molecule has 0 saturated heterocycles. The monoisotopic (exact) mass is 196 g/mol. The van der Waals surface area contributed by atoms with Gasteiger partial charge in [-0.15, -0.1) is 4.91 Å². The summed E-state index contributed by atoms with van der Waals surface area (Å²) < 4.78 is 10.0. The van der Waals surface area contributed by atoms with E-state index in [9.17, 15) is 4.91 Å². The van der Waals surface area contributed by atoms with Crippen molar-refractivity contribution in [1.29, 1.82) is 0 Å². The van der Waals surface area contributed by atoms with Crippen molar-refractivity contribution in [2.45, 2.75) is 6.29 Å². The second-order valence-corrected chi connectivity index (χ2v) is 2.67. The van der Waals surface area contributed by atoms with Crippen LogP contribution in [0.4, 0.5) is 11.4 Å². The number of methoxy groups -OCH3 is 2. The molecule has 1 rings (SSSR count). The summed E-state index contributed by atoms with van der Waals surface area (Å²) in [5.41, 5.74) is 6.78. The highest BCUT2D eigenvalue weighted by atomic mass is 16.7. The molecule has 5 nitrogen and oxygen atoms in total. The number of anilines is 1. The van der Waals surface area contributed by atoms with Crippen molar-refractivity contribution in [3.8, 4) is 0 Å². The fraction of sp³-hybridized carbons (Fsp3) is 0.333. The molecule has 0 aromatic heterocycles. The van der Waals surface area contributed by atoms with Gasteiger partial charge in [0.05, 0.1) is 5.69 Å². The van der Waals surface area contributed by atoms with Crippen molar-refractivity contribution in [1.82, 2.24) is 0 Å². The van der Waals surface area contributed by atoms with E-state index in [1.54, 1.807) is 12.1 Å². The summed E-state index contributed by atoms with van der Waals surface area (Å²) in [6.07, 6.45) is -0.573. The van der Waals surface area contributed by atoms with E-state index in [1.807, 2.05) is 0 Å². The molecule has 5 heteroatoms. The maximum atomic E-state index is 10.4. The molecule has 14 heavy (non-hydrogen) atoms. The number of hydrogen-bond acceptors (Lipinski definition) is 5. The third-order valence-corrected chi connectivity index (χ3v) is 1.90. The Balaban J connectivity index is 3.13. The van der Waals surface area contributed by atoms with Crippen LogP contribution in [0.25, 0.3) is 0 Å². The Hall–Kier alpha value is -1.46. The van der Waals surface area contributed by atoms with Crippen LogP contribution < -0.4 is 5.73 Å². The maximum absolute atomic E-state index is 10.4. The van der Waals surface area contributed by atoms with Gasteiger partial charge in [0.1, 0.15) is 5.69 Å². The number of nitrogens with zero attached hydrogens (tertiary/aromatic N) is 1. The molecule has 76 valence electrons. The average molecular weight is 196 g/mol. The molecule has 0 radical (unpaired) electrons. The molecule has 0 heterocycles. The second kappa shape index (κ2) is 4.69. The molecule has 0 bridgehead atoms. The van der Waals surface area contributed by atoms with Crippen molar-refractivity contribution >= 4 is 11.4 Å². The number of para-hydroxylation sites is 1. The molecule has 2 N–H and O–H groups in total. The van der Waals surface area contributed by atoms with Crippen LogP contribution in [0.3, 0.4) is 0 Å². The first-order valence-corrected chi connectivity index (χ1v) is 4.02. The Bertz CT molecular complexity index is 324. The highest BCUT2D eigenvalue weighted by Gasteiger charge is 2.14. The summed E-state index contributed by atoms with van der Waals surface area (Å²) in [6, 6.07) is 4.93. The van der Waals surface area contributed by atoms with Crippen LogP contribution in [-0.2, 0) is 9.47 Å². The zero-order chi connectivity index (χ0) is 10.6. The first kappa shape index (κ1) is 10.6. The first-order chi connectivity index (χ1) is 6.74. The number of nitrogen functional groups attached to an aromatic ring is 1. The molecule has 1 aromatic carbocycles. The van der Waals surface area contributed by atoms with Crippen LogP contribution in [0, 0.1) is 4.91 Å². The Morgan fingerprint density at radius 2 is 2.00 bits per heavy atom. The molecule has 0 spiro atoms. The zero-order valence-corrected chi connectivity index (χ0v) is 8.06. The summed E-state index contributed by atoms with van der Waals surface area (Å²) in [6.45, 7) is 0. The largest absolute Gasteiger partial charge is 0.396 e. The van der Waals surface area contributed by atoms with Gasteiger partial charge >= 0.3 is 0 Å². The van der Waals surface area contributed by atoms with E-state index < -0.39 is 6.29 Å². The third kappa shape index (κ3) is 1.89. The zero-order valence-electron chi connectivity index (χ0n) is 8.06. The number of nitroso groups, excluding NO2 is 1. The standard InChI is InChI=1S/C9H12N2O3/c1-13-9(14-2)6-4-3-5-7(11-12)8(6)10/h3-5,9H,10H2,1-2H3. The van der Waals surface area contributed by atoms with Gasteiger partial charge in [-0.2, -0.15) is 0 Å². The van der Waals surface area contributed by atoms with Gasteiger partial charge in [0.15, 0.2) is 6.29 Å². The van der Waals surface area contributed by atoms with E-state index in [2.05, 4.69) is 5.18 Å². The summed E-state index contributed by atoms with van der Waals surface area (Å²) in [5, 5.41) is 2.80. The lowest BCUT2D eigenvalue weighted by molar-refractivity contribution is -0.105. The summed E-state index contributed by atoms with van der Waals surface area (Å²) in [4.78, 5) is 10.4. The van der Waals surface area contributed by atoms with Crippen LogP contribution in [0.5, 0.6) is 0 Å². The van der Waals surface area contributed by atoms with Crippen molar-refractivity contribution in [2.75, 3.05) is 20.0 Å². The molecule has 0 aliphatic rings. The molecular weight excluding hydrogens is 184 g/mol. The summed E-state index contributed by atoms with van der Waals surface area (Å²) in [5.74, 6) is 0. The molecular formula is C9H12N2O3. The minimum atomic E-state index is -0.573. The lowest BCUT2D eigenvalue weighted by Gasteiger charge is -2.15. The topological polar surface area (TPSA) is 73.9 Å². The van der Waals surface area contributed by atoms with Gasteiger partial charge in [0.25, 0.3) is 0 Å².